The van der Waals surface area contributed by atoms with Crippen molar-refractivity contribution in [1.82, 2.24) is 15.6 Å². The number of rotatable bonds is 8. The summed E-state index contributed by atoms with van der Waals surface area (Å²) in [5.74, 6) is -0.947. The molecule has 1 atom stereocenters. The Morgan fingerprint density at radius 2 is 2.00 bits per heavy atom. The SMILES string of the molecule is CC(C)[C@@H](NC(=O)c1ccco1)C(=O)NCCNc1ncc(C(F)(F)F)cc1Cl. The van der Waals surface area contributed by atoms with Gasteiger partial charge in [0.05, 0.1) is 16.8 Å². The number of nitrogens with one attached hydrogen (secondary N) is 3. The number of halogens is 4. The highest BCUT2D eigenvalue weighted by atomic mass is 35.5. The number of pyridine rings is 1. The minimum Gasteiger partial charge on any atom is -0.459 e. The lowest BCUT2D eigenvalue weighted by molar-refractivity contribution is -0.137. The zero-order valence-corrected chi connectivity index (χ0v) is 16.4. The average molecular weight is 433 g/mol. The van der Waals surface area contributed by atoms with Crippen LogP contribution in [0.1, 0.15) is 30.0 Å². The molecule has 2 rings (SSSR count). The number of alkyl halides is 3. The molecule has 2 amide bonds. The third kappa shape index (κ3) is 6.38. The van der Waals surface area contributed by atoms with Gasteiger partial charge in [-0.3, -0.25) is 9.59 Å². The monoisotopic (exact) mass is 432 g/mol. The maximum Gasteiger partial charge on any atom is 0.417 e. The number of hydrogen-bond donors (Lipinski definition) is 3. The molecule has 0 unspecified atom stereocenters. The third-order valence-electron chi connectivity index (χ3n) is 3.87. The van der Waals surface area contributed by atoms with E-state index in [1.165, 1.54) is 12.3 Å². The summed E-state index contributed by atoms with van der Waals surface area (Å²) in [6, 6.07) is 3.02. The van der Waals surface area contributed by atoms with Gasteiger partial charge in [0.25, 0.3) is 5.91 Å². The molecule has 158 valence electrons. The maximum atomic E-state index is 12.6. The lowest BCUT2D eigenvalue weighted by atomic mass is 10.0. The topological polar surface area (TPSA) is 96.3 Å². The molecule has 0 spiro atoms. The van der Waals surface area contributed by atoms with E-state index in [9.17, 15) is 22.8 Å². The first-order valence-corrected chi connectivity index (χ1v) is 9.06. The van der Waals surface area contributed by atoms with Gasteiger partial charge in [-0.1, -0.05) is 25.4 Å². The van der Waals surface area contributed by atoms with Gasteiger partial charge in [0, 0.05) is 19.3 Å². The molecule has 0 aromatic carbocycles. The van der Waals surface area contributed by atoms with Crippen LogP contribution < -0.4 is 16.0 Å². The molecule has 0 aliphatic rings. The van der Waals surface area contributed by atoms with E-state index in [4.69, 9.17) is 16.0 Å². The predicted molar refractivity (Wildman–Crippen MR) is 101 cm³/mol. The van der Waals surface area contributed by atoms with Gasteiger partial charge in [-0.15, -0.1) is 0 Å². The number of hydrogen-bond acceptors (Lipinski definition) is 5. The van der Waals surface area contributed by atoms with Gasteiger partial charge in [-0.05, 0) is 24.1 Å². The van der Waals surface area contributed by atoms with Crippen LogP contribution in [0.5, 0.6) is 0 Å². The van der Waals surface area contributed by atoms with Gasteiger partial charge < -0.3 is 20.4 Å². The molecule has 0 saturated carbocycles. The Balaban J connectivity index is 1.85. The van der Waals surface area contributed by atoms with Gasteiger partial charge in [0.2, 0.25) is 5.91 Å². The number of aromatic nitrogens is 1. The van der Waals surface area contributed by atoms with E-state index in [2.05, 4.69) is 20.9 Å². The molecule has 0 aliphatic heterocycles. The summed E-state index contributed by atoms with van der Waals surface area (Å²) in [6.45, 7) is 3.85. The van der Waals surface area contributed by atoms with Crippen molar-refractivity contribution in [2.24, 2.45) is 5.92 Å². The van der Waals surface area contributed by atoms with Crippen LogP contribution in [0.4, 0.5) is 19.0 Å². The number of amides is 2. The molecule has 3 N–H and O–H groups in total. The molecular weight excluding hydrogens is 413 g/mol. The molecule has 2 aromatic rings. The van der Waals surface area contributed by atoms with Gasteiger partial charge in [-0.2, -0.15) is 13.2 Å². The van der Waals surface area contributed by atoms with Crippen molar-refractivity contribution >= 4 is 29.2 Å². The molecule has 0 bridgehead atoms. The molecule has 29 heavy (non-hydrogen) atoms. The van der Waals surface area contributed by atoms with Crippen molar-refractivity contribution < 1.29 is 27.2 Å². The Morgan fingerprint density at radius 3 is 2.55 bits per heavy atom. The van der Waals surface area contributed by atoms with E-state index in [0.717, 1.165) is 6.07 Å². The van der Waals surface area contributed by atoms with Crippen LogP contribution in [0.15, 0.2) is 35.1 Å². The van der Waals surface area contributed by atoms with Gasteiger partial charge in [0.15, 0.2) is 5.76 Å². The van der Waals surface area contributed by atoms with Crippen molar-refractivity contribution in [3.63, 3.8) is 0 Å². The molecule has 0 radical (unpaired) electrons. The minimum atomic E-state index is -4.53. The Labute approximate surface area is 170 Å². The molecule has 2 aromatic heterocycles. The summed E-state index contributed by atoms with van der Waals surface area (Å²) in [7, 11) is 0. The largest absolute Gasteiger partial charge is 0.459 e. The zero-order chi connectivity index (χ0) is 21.6. The highest BCUT2D eigenvalue weighted by Gasteiger charge is 2.31. The Morgan fingerprint density at radius 1 is 1.28 bits per heavy atom. The lowest BCUT2D eigenvalue weighted by Crippen LogP contribution is -2.50. The Hall–Kier alpha value is -2.75. The van der Waals surface area contributed by atoms with Crippen LogP contribution in [0.25, 0.3) is 0 Å². The van der Waals surface area contributed by atoms with E-state index in [1.807, 2.05) is 0 Å². The highest BCUT2D eigenvalue weighted by Crippen LogP contribution is 2.32. The van der Waals surface area contributed by atoms with E-state index in [1.54, 1.807) is 19.9 Å². The van der Waals surface area contributed by atoms with Crippen LogP contribution in [0.2, 0.25) is 5.02 Å². The summed E-state index contributed by atoms with van der Waals surface area (Å²) < 4.78 is 42.8. The summed E-state index contributed by atoms with van der Waals surface area (Å²) in [4.78, 5) is 28.1. The third-order valence-corrected chi connectivity index (χ3v) is 4.15. The summed E-state index contributed by atoms with van der Waals surface area (Å²) >= 11 is 5.81. The van der Waals surface area contributed by atoms with Crippen molar-refractivity contribution in [1.29, 1.82) is 0 Å². The standard InChI is InChI=1S/C18H20ClF3N4O3/c1-10(2)14(26-16(27)13-4-3-7-29-13)17(28)24-6-5-23-15-12(19)8-11(9-25-15)18(20,21)22/h3-4,7-10,14H,5-6H2,1-2H3,(H,23,25)(H,24,28)(H,26,27)/t14-/m1/s1. The van der Waals surface area contributed by atoms with Gasteiger partial charge in [-0.25, -0.2) is 4.98 Å². The van der Waals surface area contributed by atoms with Crippen LogP contribution in [-0.4, -0.2) is 35.9 Å². The fraction of sp³-hybridized carbons (Fsp3) is 0.389. The average Bonchev–Trinajstić information content (AvgIpc) is 3.17. The molecule has 0 aliphatic carbocycles. The molecule has 7 nitrogen and oxygen atoms in total. The highest BCUT2D eigenvalue weighted by molar-refractivity contribution is 6.32. The van der Waals surface area contributed by atoms with Crippen LogP contribution in [0.3, 0.4) is 0 Å². The van der Waals surface area contributed by atoms with Crippen molar-refractivity contribution in [3.05, 3.63) is 47.0 Å². The normalized spacial score (nSPS) is 12.5. The number of anilines is 1. The first kappa shape index (κ1) is 22.5. The number of furan rings is 1. The number of carbonyl (C=O) groups excluding carboxylic acids is 2. The quantitative estimate of drug-likeness (QED) is 0.556. The second-order valence-corrected chi connectivity index (χ2v) is 6.85. The lowest BCUT2D eigenvalue weighted by Gasteiger charge is -2.21. The smallest absolute Gasteiger partial charge is 0.417 e. The van der Waals surface area contributed by atoms with Crippen molar-refractivity contribution in [2.75, 3.05) is 18.4 Å². The maximum absolute atomic E-state index is 12.6. The second kappa shape index (κ2) is 9.64. The van der Waals surface area contributed by atoms with Crippen molar-refractivity contribution in [3.8, 4) is 0 Å². The Bertz CT molecular complexity index is 841. The minimum absolute atomic E-state index is 0.0699. The summed E-state index contributed by atoms with van der Waals surface area (Å²) in [6.07, 6.45) is -2.51. The molecule has 0 fully saturated rings. The molecular formula is C18H20ClF3N4O3. The molecule has 11 heteroatoms. The second-order valence-electron chi connectivity index (χ2n) is 6.44. The predicted octanol–water partition coefficient (Wildman–Crippen LogP) is 3.33. The van der Waals surface area contributed by atoms with Gasteiger partial charge in [0.1, 0.15) is 11.9 Å². The number of carbonyl (C=O) groups is 2. The van der Waals surface area contributed by atoms with Gasteiger partial charge >= 0.3 is 6.18 Å². The zero-order valence-electron chi connectivity index (χ0n) is 15.6. The number of nitrogens with zero attached hydrogens (tertiary/aromatic N) is 1. The van der Waals surface area contributed by atoms with Crippen LogP contribution in [-0.2, 0) is 11.0 Å². The van der Waals surface area contributed by atoms with Crippen LogP contribution >= 0.6 is 11.6 Å². The molecule has 2 heterocycles. The van der Waals surface area contributed by atoms with E-state index < -0.39 is 29.6 Å². The van der Waals surface area contributed by atoms with E-state index in [-0.39, 0.29) is 35.6 Å². The first-order valence-electron chi connectivity index (χ1n) is 8.68. The fourth-order valence-electron chi connectivity index (χ4n) is 2.35. The van der Waals surface area contributed by atoms with E-state index in [0.29, 0.717) is 6.20 Å². The van der Waals surface area contributed by atoms with Crippen LogP contribution in [0, 0.1) is 5.92 Å². The summed E-state index contributed by atoms with van der Waals surface area (Å²) in [5.41, 5.74) is -0.951. The fourth-order valence-corrected chi connectivity index (χ4v) is 2.59. The molecule has 0 saturated heterocycles. The Kier molecular flexibility index (Phi) is 7.49. The van der Waals surface area contributed by atoms with E-state index >= 15 is 0 Å². The summed E-state index contributed by atoms with van der Waals surface area (Å²) in [5, 5.41) is 7.81. The van der Waals surface area contributed by atoms with Crippen molar-refractivity contribution in [2.45, 2.75) is 26.1 Å². The first-order chi connectivity index (χ1) is 13.6.